The van der Waals surface area contributed by atoms with Crippen LogP contribution in [-0.2, 0) is 11.2 Å². The summed E-state index contributed by atoms with van der Waals surface area (Å²) in [6.45, 7) is 1.67. The van der Waals surface area contributed by atoms with Crippen molar-refractivity contribution in [1.82, 2.24) is 20.6 Å². The van der Waals surface area contributed by atoms with Gasteiger partial charge in [0, 0.05) is 11.9 Å². The SMILES string of the molecule is C[C@H](NC(=O)c1cc(-c2ccccc2)c[nH]1)C(=O)NC1CCc2nc(N)ccc21. The van der Waals surface area contributed by atoms with Crippen molar-refractivity contribution in [2.45, 2.75) is 31.8 Å². The summed E-state index contributed by atoms with van der Waals surface area (Å²) in [5.74, 6) is -0.0730. The highest BCUT2D eigenvalue weighted by Crippen LogP contribution is 2.30. The number of fused-ring (bicyclic) bond motifs is 1. The Bertz CT molecular complexity index is 1040. The normalized spacial score (nSPS) is 16.1. The number of carbonyl (C=O) groups excluding carboxylic acids is 2. The van der Waals surface area contributed by atoms with E-state index in [4.69, 9.17) is 5.73 Å². The number of pyridine rings is 1. The summed E-state index contributed by atoms with van der Waals surface area (Å²) in [7, 11) is 0. The number of aromatic amines is 1. The molecule has 0 radical (unpaired) electrons. The van der Waals surface area contributed by atoms with Crippen LogP contribution in [0.25, 0.3) is 11.1 Å². The van der Waals surface area contributed by atoms with E-state index in [9.17, 15) is 9.59 Å². The fourth-order valence-electron chi connectivity index (χ4n) is 3.59. The number of nitrogen functional groups attached to an aromatic ring is 1. The Morgan fingerprint density at radius 1 is 1.17 bits per heavy atom. The van der Waals surface area contributed by atoms with E-state index in [1.165, 1.54) is 0 Å². The van der Waals surface area contributed by atoms with E-state index >= 15 is 0 Å². The number of hydrogen-bond acceptors (Lipinski definition) is 4. The number of hydrogen-bond donors (Lipinski definition) is 4. The maximum atomic E-state index is 12.6. The molecule has 1 aliphatic carbocycles. The van der Waals surface area contributed by atoms with Gasteiger partial charge in [0.05, 0.1) is 6.04 Å². The summed E-state index contributed by atoms with van der Waals surface area (Å²) in [5.41, 5.74) is 9.98. The first-order valence-corrected chi connectivity index (χ1v) is 9.61. The molecule has 1 unspecified atom stereocenters. The van der Waals surface area contributed by atoms with Gasteiger partial charge in [0.25, 0.3) is 5.91 Å². The first-order chi connectivity index (χ1) is 14.0. The molecule has 7 heteroatoms. The van der Waals surface area contributed by atoms with Gasteiger partial charge in [-0.25, -0.2) is 4.98 Å². The Labute approximate surface area is 168 Å². The van der Waals surface area contributed by atoms with Crippen molar-refractivity contribution in [3.8, 4) is 11.1 Å². The third-order valence-corrected chi connectivity index (χ3v) is 5.17. The molecule has 0 bridgehead atoms. The summed E-state index contributed by atoms with van der Waals surface area (Å²) in [6, 6.07) is 14.4. The minimum atomic E-state index is -0.670. The van der Waals surface area contributed by atoms with Crippen LogP contribution in [0.4, 0.5) is 5.82 Å². The highest BCUT2D eigenvalue weighted by Gasteiger charge is 2.27. The molecule has 0 spiro atoms. The van der Waals surface area contributed by atoms with Crippen LogP contribution in [0.1, 0.15) is 41.1 Å². The highest BCUT2D eigenvalue weighted by molar-refractivity contribution is 5.97. The van der Waals surface area contributed by atoms with E-state index in [0.29, 0.717) is 11.5 Å². The zero-order valence-electron chi connectivity index (χ0n) is 16.1. The number of nitrogens with zero attached hydrogens (tertiary/aromatic N) is 1. The second-order valence-electron chi connectivity index (χ2n) is 7.24. The zero-order chi connectivity index (χ0) is 20.4. The van der Waals surface area contributed by atoms with E-state index in [-0.39, 0.29) is 17.9 Å². The Kier molecular flexibility index (Phi) is 5.03. The number of nitrogens with two attached hydrogens (primary N) is 1. The van der Waals surface area contributed by atoms with Gasteiger partial charge in [-0.05, 0) is 48.6 Å². The minimum absolute atomic E-state index is 0.111. The number of H-pyrrole nitrogens is 1. The number of aromatic nitrogens is 2. The van der Waals surface area contributed by atoms with E-state index in [1.807, 2.05) is 36.4 Å². The standard InChI is InChI=1S/C22H23N5O2/c1-13(21(28)27-18-9-8-17-16(18)7-10-20(23)26-17)25-22(29)19-11-15(12-24-19)14-5-3-2-4-6-14/h2-7,10-13,18,24H,8-9H2,1H3,(H2,23,26)(H,25,29)(H,27,28)/t13-,18?/m0/s1. The van der Waals surface area contributed by atoms with E-state index < -0.39 is 6.04 Å². The lowest BCUT2D eigenvalue weighted by molar-refractivity contribution is -0.123. The first-order valence-electron chi connectivity index (χ1n) is 9.61. The van der Waals surface area contributed by atoms with Crippen molar-refractivity contribution in [1.29, 1.82) is 0 Å². The van der Waals surface area contributed by atoms with Gasteiger partial charge in [-0.2, -0.15) is 0 Å². The van der Waals surface area contributed by atoms with Crippen LogP contribution in [0.3, 0.4) is 0 Å². The summed E-state index contributed by atoms with van der Waals surface area (Å²) in [6.07, 6.45) is 3.33. The summed E-state index contributed by atoms with van der Waals surface area (Å²) in [5, 5.41) is 5.75. The zero-order valence-corrected chi connectivity index (χ0v) is 16.1. The molecule has 7 nitrogen and oxygen atoms in total. The second-order valence-corrected chi connectivity index (χ2v) is 7.24. The molecule has 2 amide bonds. The number of benzene rings is 1. The number of rotatable bonds is 5. The number of anilines is 1. The quantitative estimate of drug-likeness (QED) is 0.537. The average molecular weight is 389 g/mol. The van der Waals surface area contributed by atoms with Gasteiger partial charge in [-0.15, -0.1) is 0 Å². The molecule has 0 saturated carbocycles. The van der Waals surface area contributed by atoms with Gasteiger partial charge >= 0.3 is 0 Å². The molecule has 1 aliphatic rings. The van der Waals surface area contributed by atoms with Gasteiger partial charge in [0.2, 0.25) is 5.91 Å². The molecule has 1 aromatic carbocycles. The molecule has 3 aromatic rings. The summed E-state index contributed by atoms with van der Waals surface area (Å²) < 4.78 is 0. The molecule has 0 saturated heterocycles. The molecular formula is C22H23N5O2. The van der Waals surface area contributed by atoms with E-state index in [2.05, 4.69) is 20.6 Å². The Hall–Kier alpha value is -3.61. The number of carbonyl (C=O) groups is 2. The molecule has 2 heterocycles. The summed E-state index contributed by atoms with van der Waals surface area (Å²) >= 11 is 0. The Morgan fingerprint density at radius 2 is 1.97 bits per heavy atom. The van der Waals surface area contributed by atoms with Crippen molar-refractivity contribution in [3.63, 3.8) is 0 Å². The monoisotopic (exact) mass is 389 g/mol. The van der Waals surface area contributed by atoms with Crippen molar-refractivity contribution >= 4 is 17.6 Å². The van der Waals surface area contributed by atoms with Crippen LogP contribution in [0.5, 0.6) is 0 Å². The number of amides is 2. The van der Waals surface area contributed by atoms with E-state index in [1.54, 1.807) is 25.3 Å². The summed E-state index contributed by atoms with van der Waals surface area (Å²) in [4.78, 5) is 32.4. The molecular weight excluding hydrogens is 366 g/mol. The molecule has 4 rings (SSSR count). The van der Waals surface area contributed by atoms with Gasteiger partial charge < -0.3 is 21.4 Å². The lowest BCUT2D eigenvalue weighted by Gasteiger charge is -2.18. The minimum Gasteiger partial charge on any atom is -0.384 e. The fraction of sp³-hybridized carbons (Fsp3) is 0.227. The maximum absolute atomic E-state index is 12.6. The van der Waals surface area contributed by atoms with Crippen molar-refractivity contribution in [3.05, 3.63) is 71.7 Å². The van der Waals surface area contributed by atoms with Crippen molar-refractivity contribution in [2.24, 2.45) is 0 Å². The molecule has 2 aromatic heterocycles. The smallest absolute Gasteiger partial charge is 0.268 e. The Balaban J connectivity index is 1.37. The lowest BCUT2D eigenvalue weighted by Crippen LogP contribution is -2.45. The molecule has 5 N–H and O–H groups in total. The molecule has 148 valence electrons. The van der Waals surface area contributed by atoms with Gasteiger partial charge in [0.15, 0.2) is 0 Å². The molecule has 0 fully saturated rings. The van der Waals surface area contributed by atoms with Crippen LogP contribution >= 0.6 is 0 Å². The third kappa shape index (κ3) is 3.99. The molecule has 0 aliphatic heterocycles. The topological polar surface area (TPSA) is 113 Å². The van der Waals surface area contributed by atoms with E-state index in [0.717, 1.165) is 35.2 Å². The van der Waals surface area contributed by atoms with Crippen LogP contribution in [-0.4, -0.2) is 27.8 Å². The lowest BCUT2D eigenvalue weighted by atomic mass is 10.1. The van der Waals surface area contributed by atoms with Gasteiger partial charge in [-0.1, -0.05) is 36.4 Å². The van der Waals surface area contributed by atoms with Crippen LogP contribution in [0, 0.1) is 0 Å². The predicted octanol–water partition coefficient (Wildman–Crippen LogP) is 2.58. The molecule has 29 heavy (non-hydrogen) atoms. The predicted molar refractivity (Wildman–Crippen MR) is 111 cm³/mol. The highest BCUT2D eigenvalue weighted by atomic mass is 16.2. The van der Waals surface area contributed by atoms with Gasteiger partial charge in [0.1, 0.15) is 17.6 Å². The van der Waals surface area contributed by atoms with Crippen molar-refractivity contribution < 1.29 is 9.59 Å². The van der Waals surface area contributed by atoms with Crippen LogP contribution < -0.4 is 16.4 Å². The van der Waals surface area contributed by atoms with Crippen LogP contribution in [0.2, 0.25) is 0 Å². The first kappa shape index (κ1) is 18.7. The van der Waals surface area contributed by atoms with Crippen LogP contribution in [0.15, 0.2) is 54.7 Å². The third-order valence-electron chi connectivity index (χ3n) is 5.17. The maximum Gasteiger partial charge on any atom is 0.268 e. The fourth-order valence-corrected chi connectivity index (χ4v) is 3.59. The van der Waals surface area contributed by atoms with Crippen molar-refractivity contribution in [2.75, 3.05) is 5.73 Å². The largest absolute Gasteiger partial charge is 0.384 e. The molecule has 2 atom stereocenters. The Morgan fingerprint density at radius 3 is 2.76 bits per heavy atom. The number of nitrogens with one attached hydrogen (secondary N) is 3. The number of aryl methyl sites for hydroxylation is 1. The second kappa shape index (κ2) is 7.79. The average Bonchev–Trinajstić information content (AvgIpc) is 3.36. The van der Waals surface area contributed by atoms with Gasteiger partial charge in [-0.3, -0.25) is 9.59 Å².